The Morgan fingerprint density at radius 3 is 2.33 bits per heavy atom. The highest BCUT2D eigenvalue weighted by Gasteiger charge is 2.38. The molecule has 1 aromatic carbocycles. The van der Waals surface area contributed by atoms with Crippen molar-refractivity contribution in [2.75, 3.05) is 33.7 Å². The summed E-state index contributed by atoms with van der Waals surface area (Å²) in [6.45, 7) is 3.85. The third-order valence-corrected chi connectivity index (χ3v) is 6.83. The van der Waals surface area contributed by atoms with E-state index >= 15 is 0 Å². The number of nitrogens with zero attached hydrogens (tertiary/aromatic N) is 3. The first kappa shape index (κ1) is 27.6. The summed E-state index contributed by atoms with van der Waals surface area (Å²) in [5, 5.41) is 10.3. The van der Waals surface area contributed by atoms with Crippen LogP contribution in [0.3, 0.4) is 0 Å². The number of benzene rings is 1. The van der Waals surface area contributed by atoms with Gasteiger partial charge in [-0.1, -0.05) is 0 Å². The second-order valence-electron chi connectivity index (χ2n) is 8.29. The molecule has 1 aromatic heterocycles. The Morgan fingerprint density at radius 2 is 1.75 bits per heavy atom. The molecule has 3 atom stereocenters. The first-order chi connectivity index (χ1) is 17.1. The van der Waals surface area contributed by atoms with Gasteiger partial charge in [0.2, 0.25) is 5.88 Å². The zero-order valence-electron chi connectivity index (χ0n) is 21.1. The first-order valence-electron chi connectivity index (χ1n) is 11.7. The normalized spacial score (nSPS) is 20.6. The van der Waals surface area contributed by atoms with Crippen molar-refractivity contribution in [3.05, 3.63) is 35.0 Å². The van der Waals surface area contributed by atoms with Gasteiger partial charge in [0, 0.05) is 17.7 Å². The van der Waals surface area contributed by atoms with Gasteiger partial charge < -0.3 is 24.1 Å². The van der Waals surface area contributed by atoms with Crippen LogP contribution in [-0.4, -0.2) is 79.6 Å². The molecular formula is C24H33N3O8S. The molecule has 2 N–H and O–H groups in total. The van der Waals surface area contributed by atoms with E-state index in [9.17, 15) is 13.5 Å². The maximum atomic E-state index is 10.3. The quantitative estimate of drug-likeness (QED) is 0.519. The molecule has 2 heterocycles. The second kappa shape index (κ2) is 11.8. The standard InChI is InChI=1S/C22H27N3O5.C2H6O3S/c1-5-30-19-9-13-14-8-12(26)6-7-17(14)24-20(15(13)10-18(19)27-2)16-11-23-22(29-4)25-21(16)28-3;1-2-6(3,4)5/h9-12,14,17,26H,5-8H2,1-4H3;2H2,1H3,(H,3,4,5)/t12-,14-,17-;/m1./s1. The van der Waals surface area contributed by atoms with Gasteiger partial charge in [-0.15, -0.1) is 0 Å². The van der Waals surface area contributed by atoms with Crippen LogP contribution < -0.4 is 18.9 Å². The topological polar surface area (TPSA) is 150 Å². The van der Waals surface area contributed by atoms with Gasteiger partial charge in [-0.3, -0.25) is 9.55 Å². The highest BCUT2D eigenvalue weighted by molar-refractivity contribution is 7.85. The molecule has 4 rings (SSSR count). The van der Waals surface area contributed by atoms with E-state index in [-0.39, 0.29) is 29.8 Å². The van der Waals surface area contributed by atoms with Crippen LogP contribution in [0, 0.1) is 0 Å². The van der Waals surface area contributed by atoms with Gasteiger partial charge in [-0.05, 0) is 50.8 Å². The van der Waals surface area contributed by atoms with Gasteiger partial charge in [0.15, 0.2) is 11.5 Å². The van der Waals surface area contributed by atoms with Gasteiger partial charge in [0.1, 0.15) is 0 Å². The van der Waals surface area contributed by atoms with E-state index in [4.69, 9.17) is 28.5 Å². The Kier molecular flexibility index (Phi) is 9.09. The van der Waals surface area contributed by atoms with Crippen LogP contribution in [0.4, 0.5) is 0 Å². The lowest BCUT2D eigenvalue weighted by atomic mass is 9.74. The van der Waals surface area contributed by atoms with Crippen molar-refractivity contribution >= 4 is 15.8 Å². The van der Waals surface area contributed by atoms with Gasteiger partial charge in [0.05, 0.1) is 57.1 Å². The van der Waals surface area contributed by atoms with E-state index in [0.29, 0.717) is 36.0 Å². The Labute approximate surface area is 211 Å². The van der Waals surface area contributed by atoms with Crippen LogP contribution in [-0.2, 0) is 10.1 Å². The average Bonchev–Trinajstić information content (AvgIpc) is 2.87. The maximum Gasteiger partial charge on any atom is 0.319 e. The average molecular weight is 524 g/mol. The van der Waals surface area contributed by atoms with E-state index in [1.54, 1.807) is 20.4 Å². The zero-order chi connectivity index (χ0) is 26.5. The van der Waals surface area contributed by atoms with Gasteiger partial charge >= 0.3 is 6.01 Å². The smallest absolute Gasteiger partial charge is 0.319 e. The third kappa shape index (κ3) is 6.23. The Morgan fingerprint density at radius 1 is 1.03 bits per heavy atom. The van der Waals surface area contributed by atoms with Crippen molar-refractivity contribution in [3.63, 3.8) is 0 Å². The highest BCUT2D eigenvalue weighted by Crippen LogP contribution is 2.45. The number of aromatic nitrogens is 2. The molecule has 1 aliphatic carbocycles. The van der Waals surface area contributed by atoms with Gasteiger partial charge in [-0.25, -0.2) is 4.98 Å². The molecule has 36 heavy (non-hydrogen) atoms. The van der Waals surface area contributed by atoms with Crippen molar-refractivity contribution in [1.82, 2.24) is 9.97 Å². The summed E-state index contributed by atoms with van der Waals surface area (Å²) < 4.78 is 49.0. The number of hydrogen-bond acceptors (Lipinski definition) is 10. The molecule has 12 heteroatoms. The number of aliphatic hydroxyl groups excluding tert-OH is 1. The molecule has 0 saturated heterocycles. The molecule has 0 unspecified atom stereocenters. The molecule has 2 aromatic rings. The fourth-order valence-corrected chi connectivity index (χ4v) is 4.35. The largest absolute Gasteiger partial charge is 0.493 e. The third-order valence-electron chi connectivity index (χ3n) is 6.10. The molecule has 1 fully saturated rings. The summed E-state index contributed by atoms with van der Waals surface area (Å²) in [6.07, 6.45) is 3.56. The predicted molar refractivity (Wildman–Crippen MR) is 133 cm³/mol. The number of ether oxygens (including phenoxy) is 4. The molecule has 198 valence electrons. The van der Waals surface area contributed by atoms with E-state index in [1.807, 2.05) is 19.1 Å². The molecular weight excluding hydrogens is 490 g/mol. The fraction of sp³-hybridized carbons (Fsp3) is 0.542. The predicted octanol–water partition coefficient (Wildman–Crippen LogP) is 2.64. The number of aliphatic imine (C=N–C) groups is 1. The Hall–Kier alpha value is -2.96. The summed E-state index contributed by atoms with van der Waals surface area (Å²) in [5.41, 5.74) is 3.45. The van der Waals surface area contributed by atoms with Crippen molar-refractivity contribution in [2.24, 2.45) is 4.99 Å². The first-order valence-corrected chi connectivity index (χ1v) is 13.3. The minimum Gasteiger partial charge on any atom is -0.493 e. The number of methoxy groups -OCH3 is 3. The Bertz CT molecular complexity index is 1200. The summed E-state index contributed by atoms with van der Waals surface area (Å²) >= 11 is 0. The molecule has 0 bridgehead atoms. The highest BCUT2D eigenvalue weighted by atomic mass is 32.2. The lowest BCUT2D eigenvalue weighted by Crippen LogP contribution is -2.34. The van der Waals surface area contributed by atoms with Crippen molar-refractivity contribution in [3.8, 4) is 23.4 Å². The van der Waals surface area contributed by atoms with Crippen molar-refractivity contribution < 1.29 is 37.0 Å². The lowest BCUT2D eigenvalue weighted by molar-refractivity contribution is 0.111. The summed E-state index contributed by atoms with van der Waals surface area (Å²) in [7, 11) is 1.03. The lowest BCUT2D eigenvalue weighted by Gasteiger charge is -2.37. The zero-order valence-corrected chi connectivity index (χ0v) is 21.9. The van der Waals surface area contributed by atoms with Gasteiger partial charge in [0.25, 0.3) is 10.1 Å². The summed E-state index contributed by atoms with van der Waals surface area (Å²) in [4.78, 5) is 13.7. The van der Waals surface area contributed by atoms with Crippen molar-refractivity contribution in [2.45, 2.75) is 51.2 Å². The van der Waals surface area contributed by atoms with Crippen LogP contribution in [0.25, 0.3) is 0 Å². The number of aliphatic hydroxyl groups is 1. The number of fused-ring (bicyclic) bond motifs is 3. The van der Waals surface area contributed by atoms with E-state index in [0.717, 1.165) is 29.7 Å². The maximum absolute atomic E-state index is 10.3. The number of hydrogen-bond donors (Lipinski definition) is 2. The number of rotatable bonds is 7. The minimum atomic E-state index is -3.66. The summed E-state index contributed by atoms with van der Waals surface area (Å²) in [5.74, 6) is 1.63. The van der Waals surface area contributed by atoms with Crippen LogP contribution in [0.15, 0.2) is 23.3 Å². The van der Waals surface area contributed by atoms with Crippen molar-refractivity contribution in [1.29, 1.82) is 0 Å². The monoisotopic (exact) mass is 523 g/mol. The minimum absolute atomic E-state index is 0.0607. The Balaban J connectivity index is 0.000000538. The van der Waals surface area contributed by atoms with Crippen LogP contribution in [0.2, 0.25) is 0 Å². The van der Waals surface area contributed by atoms with E-state index < -0.39 is 10.1 Å². The van der Waals surface area contributed by atoms with Crippen LogP contribution >= 0.6 is 0 Å². The van der Waals surface area contributed by atoms with Crippen LogP contribution in [0.5, 0.6) is 23.4 Å². The SMILES string of the molecule is CCOc1cc2c(cc1OC)C(c1cnc(OC)nc1OC)=N[C@@H]1CC[C@@H](O)C[C@H]21.CCS(=O)(=O)O. The molecule has 0 amide bonds. The second-order valence-corrected chi connectivity index (χ2v) is 10.0. The van der Waals surface area contributed by atoms with Crippen LogP contribution in [0.1, 0.15) is 55.7 Å². The molecule has 2 aliphatic rings. The molecule has 1 saturated carbocycles. The van der Waals surface area contributed by atoms with E-state index in [1.165, 1.54) is 14.0 Å². The molecule has 0 radical (unpaired) electrons. The fourth-order valence-electron chi connectivity index (χ4n) is 4.35. The van der Waals surface area contributed by atoms with Gasteiger partial charge in [-0.2, -0.15) is 13.4 Å². The summed E-state index contributed by atoms with van der Waals surface area (Å²) in [6, 6.07) is 4.26. The molecule has 0 spiro atoms. The molecule has 1 aliphatic heterocycles. The van der Waals surface area contributed by atoms with E-state index in [2.05, 4.69) is 9.97 Å². The molecule has 11 nitrogen and oxygen atoms in total.